The van der Waals surface area contributed by atoms with E-state index in [0.29, 0.717) is 17.1 Å². The number of rotatable bonds is 3. The Morgan fingerprint density at radius 3 is 2.68 bits per heavy atom. The van der Waals surface area contributed by atoms with Crippen LogP contribution in [0, 0.1) is 11.3 Å². The number of nitrogens with zero attached hydrogens (tertiary/aromatic N) is 2. The first-order chi connectivity index (χ1) is 9.15. The molecular weight excluding hydrogens is 260 g/mol. The van der Waals surface area contributed by atoms with E-state index in [1.165, 1.54) is 0 Å². The van der Waals surface area contributed by atoms with Gasteiger partial charge >= 0.3 is 0 Å². The summed E-state index contributed by atoms with van der Waals surface area (Å²) >= 11 is 6.01. The third kappa shape index (κ3) is 2.81. The van der Waals surface area contributed by atoms with Gasteiger partial charge in [-0.2, -0.15) is 5.26 Å². The van der Waals surface area contributed by atoms with Crippen LogP contribution in [0.5, 0.6) is 5.75 Å². The summed E-state index contributed by atoms with van der Waals surface area (Å²) in [7, 11) is 0. The molecule has 19 heavy (non-hydrogen) atoms. The second-order valence-electron chi connectivity index (χ2n) is 4.04. The Hall–Kier alpha value is -2.18. The molecule has 2 aromatic carbocycles. The fourth-order valence-electron chi connectivity index (χ4n) is 1.98. The largest absolute Gasteiger partial charge is 0.508 e. The molecule has 0 fully saturated rings. The molecule has 0 aromatic heterocycles. The van der Waals surface area contributed by atoms with Crippen molar-refractivity contribution in [3.05, 3.63) is 53.1 Å². The van der Waals surface area contributed by atoms with E-state index in [9.17, 15) is 10.4 Å². The fraction of sp³-hybridized carbons (Fsp3) is 0.133. The van der Waals surface area contributed by atoms with Crippen molar-refractivity contribution in [2.75, 3.05) is 11.4 Å². The number of hydrogen-bond donors (Lipinski definition) is 1. The number of phenols is 1. The van der Waals surface area contributed by atoms with Crippen LogP contribution in [0.1, 0.15) is 12.5 Å². The zero-order chi connectivity index (χ0) is 13.8. The fourth-order valence-corrected chi connectivity index (χ4v) is 2.14. The van der Waals surface area contributed by atoms with E-state index in [2.05, 4.69) is 6.07 Å². The van der Waals surface area contributed by atoms with E-state index >= 15 is 0 Å². The Balaban J connectivity index is 2.54. The van der Waals surface area contributed by atoms with Crippen LogP contribution in [-0.4, -0.2) is 11.7 Å². The minimum Gasteiger partial charge on any atom is -0.508 e. The average molecular weight is 273 g/mol. The lowest BCUT2D eigenvalue weighted by Crippen LogP contribution is -2.17. The van der Waals surface area contributed by atoms with Crippen molar-refractivity contribution in [1.82, 2.24) is 0 Å². The molecule has 0 radical (unpaired) electrons. The van der Waals surface area contributed by atoms with E-state index in [4.69, 9.17) is 11.6 Å². The summed E-state index contributed by atoms with van der Waals surface area (Å²) in [5, 5.41) is 19.3. The summed E-state index contributed by atoms with van der Waals surface area (Å²) in [6, 6.07) is 14.2. The predicted molar refractivity (Wildman–Crippen MR) is 77.0 cm³/mol. The highest BCUT2D eigenvalue weighted by atomic mass is 35.5. The van der Waals surface area contributed by atoms with Crippen molar-refractivity contribution in [3.8, 4) is 11.8 Å². The highest BCUT2D eigenvalue weighted by Gasteiger charge is 2.12. The maximum Gasteiger partial charge on any atom is 0.117 e. The van der Waals surface area contributed by atoms with E-state index in [-0.39, 0.29) is 5.75 Å². The number of anilines is 2. The minimum absolute atomic E-state index is 0.191. The molecule has 0 aliphatic carbocycles. The lowest BCUT2D eigenvalue weighted by molar-refractivity contribution is 0.475. The molecule has 0 unspecified atom stereocenters. The van der Waals surface area contributed by atoms with Crippen LogP contribution in [0.4, 0.5) is 11.4 Å². The molecule has 2 aromatic rings. The minimum atomic E-state index is 0.191. The molecule has 0 atom stereocenters. The summed E-state index contributed by atoms with van der Waals surface area (Å²) in [4.78, 5) is 1.93. The highest BCUT2D eigenvalue weighted by Crippen LogP contribution is 2.32. The molecule has 0 spiro atoms. The van der Waals surface area contributed by atoms with Gasteiger partial charge in [0.2, 0.25) is 0 Å². The van der Waals surface area contributed by atoms with Gasteiger partial charge in [-0.3, -0.25) is 0 Å². The first-order valence-corrected chi connectivity index (χ1v) is 6.29. The molecule has 0 bridgehead atoms. The van der Waals surface area contributed by atoms with Gasteiger partial charge in [0.1, 0.15) is 11.8 Å². The third-order valence-corrected chi connectivity index (χ3v) is 3.06. The maximum atomic E-state index is 9.57. The van der Waals surface area contributed by atoms with Crippen molar-refractivity contribution in [1.29, 1.82) is 5.26 Å². The normalized spacial score (nSPS) is 9.95. The SMILES string of the molecule is CCN(c1cccc(O)c1)c1cc(Cl)ccc1C#N. The van der Waals surface area contributed by atoms with Crippen LogP contribution >= 0.6 is 11.6 Å². The topological polar surface area (TPSA) is 47.3 Å². The summed E-state index contributed by atoms with van der Waals surface area (Å²) in [6.07, 6.45) is 0. The van der Waals surface area contributed by atoms with Crippen LogP contribution in [0.15, 0.2) is 42.5 Å². The third-order valence-electron chi connectivity index (χ3n) is 2.83. The number of phenolic OH excluding ortho intramolecular Hbond substituents is 1. The summed E-state index contributed by atoms with van der Waals surface area (Å²) in [5.41, 5.74) is 2.11. The van der Waals surface area contributed by atoms with E-state index in [1.54, 1.807) is 36.4 Å². The Morgan fingerprint density at radius 1 is 1.26 bits per heavy atom. The number of nitriles is 1. The van der Waals surface area contributed by atoms with Crippen molar-refractivity contribution in [2.24, 2.45) is 0 Å². The van der Waals surface area contributed by atoms with Gasteiger partial charge in [-0.05, 0) is 37.3 Å². The molecule has 96 valence electrons. The van der Waals surface area contributed by atoms with Crippen LogP contribution < -0.4 is 4.90 Å². The van der Waals surface area contributed by atoms with Gasteiger partial charge in [0.25, 0.3) is 0 Å². The second-order valence-corrected chi connectivity index (χ2v) is 4.47. The van der Waals surface area contributed by atoms with Crippen molar-refractivity contribution in [2.45, 2.75) is 6.92 Å². The van der Waals surface area contributed by atoms with Crippen molar-refractivity contribution in [3.63, 3.8) is 0 Å². The van der Waals surface area contributed by atoms with Gasteiger partial charge in [0.15, 0.2) is 0 Å². The van der Waals surface area contributed by atoms with Crippen molar-refractivity contribution < 1.29 is 5.11 Å². The number of halogens is 1. The quantitative estimate of drug-likeness (QED) is 0.916. The van der Waals surface area contributed by atoms with Gasteiger partial charge in [0, 0.05) is 23.3 Å². The summed E-state index contributed by atoms with van der Waals surface area (Å²) in [6.45, 7) is 2.64. The van der Waals surface area contributed by atoms with Gasteiger partial charge in [-0.1, -0.05) is 17.7 Å². The zero-order valence-electron chi connectivity index (χ0n) is 10.5. The highest BCUT2D eigenvalue weighted by molar-refractivity contribution is 6.30. The predicted octanol–water partition coefficient (Wildman–Crippen LogP) is 4.08. The molecule has 0 aliphatic heterocycles. The average Bonchev–Trinajstić information content (AvgIpc) is 2.40. The van der Waals surface area contributed by atoms with E-state index < -0.39 is 0 Å². The first kappa shape index (κ1) is 13.3. The van der Waals surface area contributed by atoms with E-state index in [1.807, 2.05) is 17.9 Å². The van der Waals surface area contributed by atoms with Crippen molar-refractivity contribution >= 4 is 23.0 Å². The van der Waals surface area contributed by atoms with Crippen LogP contribution in [-0.2, 0) is 0 Å². The first-order valence-electron chi connectivity index (χ1n) is 5.92. The number of benzene rings is 2. The van der Waals surface area contributed by atoms with Gasteiger partial charge in [0.05, 0.1) is 11.3 Å². The lowest BCUT2D eigenvalue weighted by Gasteiger charge is -2.24. The van der Waals surface area contributed by atoms with Gasteiger partial charge in [-0.15, -0.1) is 0 Å². The van der Waals surface area contributed by atoms with Crippen LogP contribution in [0.3, 0.4) is 0 Å². The van der Waals surface area contributed by atoms with Crippen LogP contribution in [0.25, 0.3) is 0 Å². The summed E-state index contributed by atoms with van der Waals surface area (Å²) < 4.78 is 0. The maximum absolute atomic E-state index is 9.57. The molecule has 1 N–H and O–H groups in total. The van der Waals surface area contributed by atoms with E-state index in [0.717, 1.165) is 11.4 Å². The molecule has 3 nitrogen and oxygen atoms in total. The molecule has 0 amide bonds. The molecule has 0 saturated heterocycles. The number of hydrogen-bond acceptors (Lipinski definition) is 3. The van der Waals surface area contributed by atoms with Gasteiger partial charge < -0.3 is 10.0 Å². The molecule has 4 heteroatoms. The monoisotopic (exact) mass is 272 g/mol. The molecular formula is C15H13ClN2O. The Morgan fingerprint density at radius 2 is 2.05 bits per heavy atom. The smallest absolute Gasteiger partial charge is 0.117 e. The lowest BCUT2D eigenvalue weighted by atomic mass is 10.1. The Labute approximate surface area is 117 Å². The molecule has 0 aliphatic rings. The second kappa shape index (κ2) is 5.64. The standard InChI is InChI=1S/C15H13ClN2O/c1-2-18(13-4-3-5-14(19)9-13)15-8-12(16)7-6-11(15)10-17/h3-9,19H,2H2,1H3. The molecule has 0 saturated carbocycles. The van der Waals surface area contributed by atoms with Crippen LogP contribution in [0.2, 0.25) is 5.02 Å². The molecule has 0 heterocycles. The zero-order valence-corrected chi connectivity index (χ0v) is 11.2. The Bertz CT molecular complexity index is 634. The molecule has 2 rings (SSSR count). The number of aromatic hydroxyl groups is 1. The summed E-state index contributed by atoms with van der Waals surface area (Å²) in [5.74, 6) is 0.191. The van der Waals surface area contributed by atoms with Gasteiger partial charge in [-0.25, -0.2) is 0 Å². The Kier molecular flexibility index (Phi) is 3.94.